The summed E-state index contributed by atoms with van der Waals surface area (Å²) in [4.78, 5) is 23.5. The van der Waals surface area contributed by atoms with E-state index in [1.54, 1.807) is 0 Å². The van der Waals surface area contributed by atoms with Gasteiger partial charge in [0.25, 0.3) is 0 Å². The molecule has 9 heteroatoms. The standard InChI is InChI=1S/C31H42F2N2O5/c1-30(2,3)21-8-7-9-22(17-21)31(12-5-4-6-13-31)34-19-27(37)25(16-20-14-23(32)18-24(33)15-20)35-28(38)11-10-26(36)29(39)40/h7-9,14-15,17-18,25-27,34,36-37H,4-6,10-13,16,19H2,1-3H3,(H,35,38)(H,39,40)/t25-,26+,27+/m0/s1. The maximum absolute atomic E-state index is 13.9. The number of carboxylic acids is 1. The molecule has 5 N–H and O–H groups in total. The first-order valence-corrected chi connectivity index (χ1v) is 14.0. The number of carboxylic acid groups (broad SMARTS) is 1. The van der Waals surface area contributed by atoms with Crippen LogP contribution in [0, 0.1) is 11.6 Å². The van der Waals surface area contributed by atoms with Crippen molar-refractivity contribution in [3.63, 3.8) is 0 Å². The molecule has 0 radical (unpaired) electrons. The van der Waals surface area contributed by atoms with Crippen LogP contribution in [0.4, 0.5) is 8.78 Å². The lowest BCUT2D eigenvalue weighted by Gasteiger charge is -2.41. The van der Waals surface area contributed by atoms with Crippen molar-refractivity contribution in [3.8, 4) is 0 Å². The molecule has 0 aliphatic heterocycles. The highest BCUT2D eigenvalue weighted by Crippen LogP contribution is 2.38. The van der Waals surface area contributed by atoms with Crippen molar-refractivity contribution in [1.82, 2.24) is 10.6 Å². The largest absolute Gasteiger partial charge is 0.479 e. The lowest BCUT2D eigenvalue weighted by molar-refractivity contribution is -0.147. The van der Waals surface area contributed by atoms with E-state index in [1.807, 2.05) is 0 Å². The van der Waals surface area contributed by atoms with E-state index < -0.39 is 41.8 Å². The van der Waals surface area contributed by atoms with Crippen LogP contribution in [0.5, 0.6) is 0 Å². The zero-order valence-electron chi connectivity index (χ0n) is 23.6. The Bertz CT molecular complexity index is 1140. The van der Waals surface area contributed by atoms with Gasteiger partial charge in [-0.25, -0.2) is 13.6 Å². The zero-order valence-corrected chi connectivity index (χ0v) is 23.6. The fraction of sp³-hybridized carbons (Fsp3) is 0.548. The molecule has 0 unspecified atom stereocenters. The number of aliphatic hydroxyl groups excluding tert-OH is 2. The fourth-order valence-electron chi connectivity index (χ4n) is 5.38. The molecule has 2 aromatic rings. The Morgan fingerprint density at radius 2 is 1.65 bits per heavy atom. The summed E-state index contributed by atoms with van der Waals surface area (Å²) < 4.78 is 27.8. The first kappa shape index (κ1) is 31.6. The van der Waals surface area contributed by atoms with Crippen molar-refractivity contribution in [2.24, 2.45) is 0 Å². The Kier molecular flexibility index (Phi) is 10.8. The number of aliphatic hydroxyl groups is 2. The fourth-order valence-corrected chi connectivity index (χ4v) is 5.38. The molecule has 3 rings (SSSR count). The number of carbonyl (C=O) groups is 2. The first-order chi connectivity index (χ1) is 18.8. The normalized spacial score (nSPS) is 17.6. The van der Waals surface area contributed by atoms with Gasteiger partial charge in [-0.2, -0.15) is 0 Å². The first-order valence-electron chi connectivity index (χ1n) is 14.0. The molecule has 1 amide bonds. The maximum Gasteiger partial charge on any atom is 0.332 e. The van der Waals surface area contributed by atoms with Crippen LogP contribution in [0.2, 0.25) is 0 Å². The average molecular weight is 561 g/mol. The van der Waals surface area contributed by atoms with Gasteiger partial charge in [-0.15, -0.1) is 0 Å². The van der Waals surface area contributed by atoms with Crippen LogP contribution in [0.15, 0.2) is 42.5 Å². The summed E-state index contributed by atoms with van der Waals surface area (Å²) in [6.45, 7) is 6.60. The average Bonchev–Trinajstić information content (AvgIpc) is 2.89. The summed E-state index contributed by atoms with van der Waals surface area (Å²) in [7, 11) is 0. The van der Waals surface area contributed by atoms with Gasteiger partial charge in [0.2, 0.25) is 5.91 Å². The molecule has 3 atom stereocenters. The van der Waals surface area contributed by atoms with Crippen molar-refractivity contribution in [1.29, 1.82) is 0 Å². The van der Waals surface area contributed by atoms with E-state index in [2.05, 4.69) is 55.7 Å². The molecule has 1 aliphatic carbocycles. The Balaban J connectivity index is 1.81. The Morgan fingerprint density at radius 3 is 2.25 bits per heavy atom. The minimum atomic E-state index is -1.69. The number of hydrogen-bond donors (Lipinski definition) is 5. The second-order valence-electron chi connectivity index (χ2n) is 12.0. The van der Waals surface area contributed by atoms with Gasteiger partial charge >= 0.3 is 5.97 Å². The monoisotopic (exact) mass is 560 g/mol. The predicted molar refractivity (Wildman–Crippen MR) is 149 cm³/mol. The van der Waals surface area contributed by atoms with Gasteiger partial charge in [0.1, 0.15) is 11.6 Å². The van der Waals surface area contributed by atoms with Crippen LogP contribution in [0.25, 0.3) is 0 Å². The molecule has 0 aromatic heterocycles. The highest BCUT2D eigenvalue weighted by Gasteiger charge is 2.35. The van der Waals surface area contributed by atoms with Crippen LogP contribution in [0.3, 0.4) is 0 Å². The molecule has 40 heavy (non-hydrogen) atoms. The number of halogens is 2. The molecule has 0 saturated heterocycles. The summed E-state index contributed by atoms with van der Waals surface area (Å²) >= 11 is 0. The molecule has 0 bridgehead atoms. The van der Waals surface area contributed by atoms with E-state index in [4.69, 9.17) is 5.11 Å². The number of aliphatic carboxylic acids is 1. The summed E-state index contributed by atoms with van der Waals surface area (Å²) in [6.07, 6.45) is 1.49. The summed E-state index contributed by atoms with van der Waals surface area (Å²) in [6, 6.07) is 10.6. The molecule has 1 fully saturated rings. The highest BCUT2D eigenvalue weighted by molar-refractivity contribution is 5.78. The van der Waals surface area contributed by atoms with E-state index in [1.165, 1.54) is 5.56 Å². The number of rotatable bonds is 12. The van der Waals surface area contributed by atoms with E-state index in [9.17, 15) is 28.6 Å². The van der Waals surface area contributed by atoms with Crippen molar-refractivity contribution < 1.29 is 33.7 Å². The Morgan fingerprint density at radius 1 is 1.00 bits per heavy atom. The van der Waals surface area contributed by atoms with Gasteiger partial charge in [-0.05, 0) is 59.9 Å². The molecule has 220 valence electrons. The minimum absolute atomic E-state index is 0.0325. The van der Waals surface area contributed by atoms with E-state index in [0.29, 0.717) is 0 Å². The maximum atomic E-state index is 13.9. The summed E-state index contributed by atoms with van der Waals surface area (Å²) in [5.41, 5.74) is 2.21. The number of amides is 1. The molecular formula is C31H42F2N2O5. The van der Waals surface area contributed by atoms with Crippen molar-refractivity contribution in [2.45, 2.75) is 101 Å². The van der Waals surface area contributed by atoms with Gasteiger partial charge in [-0.1, -0.05) is 64.3 Å². The third-order valence-corrected chi connectivity index (χ3v) is 7.76. The smallest absolute Gasteiger partial charge is 0.332 e. The van der Waals surface area contributed by atoms with E-state index in [-0.39, 0.29) is 42.3 Å². The summed E-state index contributed by atoms with van der Waals surface area (Å²) in [5.74, 6) is -3.54. The molecule has 0 spiro atoms. The molecular weight excluding hydrogens is 518 g/mol. The van der Waals surface area contributed by atoms with Crippen LogP contribution in [-0.4, -0.2) is 52.0 Å². The lowest BCUT2D eigenvalue weighted by atomic mass is 9.74. The molecule has 1 saturated carbocycles. The lowest BCUT2D eigenvalue weighted by Crippen LogP contribution is -2.53. The van der Waals surface area contributed by atoms with Crippen molar-refractivity contribution in [3.05, 3.63) is 70.8 Å². The number of benzene rings is 2. The Labute approximate surface area is 235 Å². The second-order valence-corrected chi connectivity index (χ2v) is 12.0. The molecule has 0 heterocycles. The SMILES string of the molecule is CC(C)(C)c1cccc(C2(NC[C@@H](O)[C@H](Cc3cc(F)cc(F)c3)NC(=O)CC[C@@H](O)C(=O)O)CCCCC2)c1. The van der Waals surface area contributed by atoms with Crippen LogP contribution in [-0.2, 0) is 27.0 Å². The number of nitrogens with one attached hydrogen (secondary N) is 2. The topological polar surface area (TPSA) is 119 Å². The second kappa shape index (κ2) is 13.7. The zero-order chi connectivity index (χ0) is 29.5. The van der Waals surface area contributed by atoms with E-state index in [0.717, 1.165) is 55.9 Å². The van der Waals surface area contributed by atoms with Gasteiger partial charge in [-0.3, -0.25) is 4.79 Å². The van der Waals surface area contributed by atoms with Gasteiger partial charge < -0.3 is 26.0 Å². The van der Waals surface area contributed by atoms with Crippen LogP contribution < -0.4 is 10.6 Å². The molecule has 2 aromatic carbocycles. The van der Waals surface area contributed by atoms with Gasteiger partial charge in [0.15, 0.2) is 6.10 Å². The Hall–Kier alpha value is -2.88. The number of carbonyl (C=O) groups excluding carboxylic acids is 1. The van der Waals surface area contributed by atoms with Gasteiger partial charge in [0.05, 0.1) is 12.1 Å². The van der Waals surface area contributed by atoms with Crippen LogP contribution >= 0.6 is 0 Å². The molecule has 7 nitrogen and oxygen atoms in total. The van der Waals surface area contributed by atoms with Gasteiger partial charge in [0, 0.05) is 24.6 Å². The van der Waals surface area contributed by atoms with Crippen LogP contribution in [0.1, 0.15) is 82.4 Å². The quantitative estimate of drug-likeness (QED) is 0.264. The molecule has 1 aliphatic rings. The third kappa shape index (κ3) is 8.81. The predicted octanol–water partition coefficient (Wildman–Crippen LogP) is 4.33. The highest BCUT2D eigenvalue weighted by atomic mass is 19.1. The number of hydrogen-bond acceptors (Lipinski definition) is 5. The van der Waals surface area contributed by atoms with Crippen molar-refractivity contribution >= 4 is 11.9 Å². The minimum Gasteiger partial charge on any atom is -0.479 e. The van der Waals surface area contributed by atoms with Crippen molar-refractivity contribution in [2.75, 3.05) is 6.54 Å². The van der Waals surface area contributed by atoms with E-state index >= 15 is 0 Å². The summed E-state index contributed by atoms with van der Waals surface area (Å²) in [5, 5.41) is 36.0. The third-order valence-electron chi connectivity index (χ3n) is 7.76.